The summed E-state index contributed by atoms with van der Waals surface area (Å²) < 4.78 is 7.97. The highest BCUT2D eigenvalue weighted by molar-refractivity contribution is 9.11. The van der Waals surface area contributed by atoms with Crippen molar-refractivity contribution < 1.29 is 10.1 Å². The Hall–Kier alpha value is -0.0600. The van der Waals surface area contributed by atoms with Gasteiger partial charge in [-0.2, -0.15) is 0 Å². The van der Waals surface area contributed by atoms with E-state index in [9.17, 15) is 0 Å². The van der Waals surface area contributed by atoms with E-state index in [4.69, 9.17) is 4.74 Å². The van der Waals surface area contributed by atoms with Gasteiger partial charge in [0.05, 0.1) is 22.7 Å². The molecule has 0 aliphatic heterocycles. The lowest BCUT2D eigenvalue weighted by molar-refractivity contribution is -0.706. The van der Waals surface area contributed by atoms with Gasteiger partial charge in [0, 0.05) is 4.47 Å². The van der Waals surface area contributed by atoms with Crippen molar-refractivity contribution in [2.24, 2.45) is 0 Å². The second-order valence-electron chi connectivity index (χ2n) is 5.85. The van der Waals surface area contributed by atoms with Gasteiger partial charge in [0.2, 0.25) is 0 Å². The number of ether oxygens (including phenoxy) is 1. The van der Waals surface area contributed by atoms with Crippen molar-refractivity contribution in [3.05, 3.63) is 26.6 Å². The third kappa shape index (κ3) is 5.57. The number of hydrogen-bond acceptors (Lipinski definition) is 1. The highest BCUT2D eigenvalue weighted by Gasteiger charge is 2.17. The van der Waals surface area contributed by atoms with Crippen LogP contribution in [-0.4, -0.2) is 12.6 Å². The van der Waals surface area contributed by atoms with Gasteiger partial charge in [-0.1, -0.05) is 35.2 Å². The van der Waals surface area contributed by atoms with Gasteiger partial charge in [0.1, 0.15) is 12.3 Å². The molecule has 118 valence electrons. The number of halogens is 2. The Kier molecular flexibility index (Phi) is 7.55. The fourth-order valence-electron chi connectivity index (χ4n) is 3.09. The average molecular weight is 420 g/mol. The highest BCUT2D eigenvalue weighted by atomic mass is 79.9. The third-order valence-corrected chi connectivity index (χ3v) is 5.24. The number of benzene rings is 1. The van der Waals surface area contributed by atoms with Crippen LogP contribution < -0.4 is 10.1 Å². The molecule has 2 nitrogen and oxygen atoms in total. The van der Waals surface area contributed by atoms with Crippen LogP contribution in [0.25, 0.3) is 0 Å². The molecular weight excluding hydrogens is 394 g/mol. The molecule has 0 spiro atoms. The molecule has 2 rings (SSSR count). The Balaban J connectivity index is 2.00. The molecule has 0 unspecified atom stereocenters. The van der Waals surface area contributed by atoms with Gasteiger partial charge in [0.15, 0.2) is 0 Å². The second kappa shape index (κ2) is 9.16. The maximum atomic E-state index is 5.82. The first-order chi connectivity index (χ1) is 10.2. The van der Waals surface area contributed by atoms with E-state index in [1.807, 2.05) is 6.92 Å². The standard InChI is InChI=1S/C17H25Br2NO/c1-2-21-17-13(10-14(18)11-16(17)19)12-20-15-8-6-4-3-5-7-9-15/h10-11,15,20H,2-9,12H2,1H3/p+1. The van der Waals surface area contributed by atoms with Crippen molar-refractivity contribution in [1.29, 1.82) is 0 Å². The molecule has 21 heavy (non-hydrogen) atoms. The highest BCUT2D eigenvalue weighted by Crippen LogP contribution is 2.32. The molecular formula is C17H26Br2NO+. The smallest absolute Gasteiger partial charge is 0.142 e. The van der Waals surface area contributed by atoms with Crippen molar-refractivity contribution >= 4 is 31.9 Å². The van der Waals surface area contributed by atoms with E-state index in [1.54, 1.807) is 0 Å². The molecule has 0 radical (unpaired) electrons. The summed E-state index contributed by atoms with van der Waals surface area (Å²) in [7, 11) is 0. The molecule has 0 aromatic heterocycles. The van der Waals surface area contributed by atoms with Crippen LogP contribution in [0.15, 0.2) is 21.1 Å². The van der Waals surface area contributed by atoms with Crippen molar-refractivity contribution in [3.8, 4) is 5.75 Å². The van der Waals surface area contributed by atoms with E-state index in [-0.39, 0.29) is 0 Å². The van der Waals surface area contributed by atoms with E-state index in [2.05, 4.69) is 49.3 Å². The zero-order chi connectivity index (χ0) is 15.1. The molecule has 4 heteroatoms. The molecule has 0 heterocycles. The zero-order valence-corrected chi connectivity index (χ0v) is 16.0. The molecule has 2 N–H and O–H groups in total. The summed E-state index contributed by atoms with van der Waals surface area (Å²) in [5.74, 6) is 1.00. The van der Waals surface area contributed by atoms with E-state index in [1.165, 1.54) is 50.5 Å². The Morgan fingerprint density at radius 1 is 1.10 bits per heavy atom. The molecule has 1 aromatic carbocycles. The van der Waals surface area contributed by atoms with Crippen LogP contribution in [0.1, 0.15) is 57.4 Å². The summed E-state index contributed by atoms with van der Waals surface area (Å²) in [6.07, 6.45) is 9.76. The van der Waals surface area contributed by atoms with Crippen LogP contribution >= 0.6 is 31.9 Å². The second-order valence-corrected chi connectivity index (χ2v) is 7.62. The van der Waals surface area contributed by atoms with Crippen molar-refractivity contribution in [3.63, 3.8) is 0 Å². The number of rotatable bonds is 5. The summed E-state index contributed by atoms with van der Waals surface area (Å²) >= 11 is 7.21. The van der Waals surface area contributed by atoms with Gasteiger partial charge >= 0.3 is 0 Å². The van der Waals surface area contributed by atoms with Crippen LogP contribution in [0.5, 0.6) is 5.75 Å². The number of hydrogen-bond donors (Lipinski definition) is 1. The minimum atomic E-state index is 0.705. The summed E-state index contributed by atoms with van der Waals surface area (Å²) in [5.41, 5.74) is 1.28. The Morgan fingerprint density at radius 2 is 1.76 bits per heavy atom. The molecule has 1 saturated carbocycles. The molecule has 0 amide bonds. The first-order valence-corrected chi connectivity index (χ1v) is 9.73. The third-order valence-electron chi connectivity index (χ3n) is 4.19. The topological polar surface area (TPSA) is 25.8 Å². The number of nitrogens with two attached hydrogens (primary N) is 1. The maximum Gasteiger partial charge on any atom is 0.142 e. The van der Waals surface area contributed by atoms with Crippen LogP contribution in [0.4, 0.5) is 0 Å². The number of quaternary nitrogens is 1. The van der Waals surface area contributed by atoms with Crippen LogP contribution in [0, 0.1) is 0 Å². The van der Waals surface area contributed by atoms with Crippen LogP contribution in [0.3, 0.4) is 0 Å². The summed E-state index contributed by atoms with van der Waals surface area (Å²) in [6.45, 7) is 3.74. The van der Waals surface area contributed by atoms with Gasteiger partial charge < -0.3 is 10.1 Å². The fourth-order valence-corrected chi connectivity index (χ4v) is 4.52. The van der Waals surface area contributed by atoms with E-state index in [0.717, 1.165) is 27.3 Å². The lowest BCUT2D eigenvalue weighted by Gasteiger charge is -2.19. The summed E-state index contributed by atoms with van der Waals surface area (Å²) in [4.78, 5) is 0. The minimum absolute atomic E-state index is 0.705. The summed E-state index contributed by atoms with van der Waals surface area (Å²) in [5, 5.41) is 2.52. The predicted molar refractivity (Wildman–Crippen MR) is 94.7 cm³/mol. The van der Waals surface area contributed by atoms with Crippen LogP contribution in [0.2, 0.25) is 0 Å². The van der Waals surface area contributed by atoms with Gasteiger partial charge in [-0.25, -0.2) is 0 Å². The van der Waals surface area contributed by atoms with Crippen molar-refractivity contribution in [2.45, 2.75) is 64.5 Å². The monoisotopic (exact) mass is 418 g/mol. The Labute approximate surface area is 145 Å². The van der Waals surface area contributed by atoms with E-state index >= 15 is 0 Å². The quantitative estimate of drug-likeness (QED) is 0.729. The SMILES string of the molecule is CCOc1c(Br)cc(Br)cc1C[NH2+]C1CCCCCCC1. The molecule has 1 aromatic rings. The summed E-state index contributed by atoms with van der Waals surface area (Å²) in [6, 6.07) is 5.02. The molecule has 1 aliphatic rings. The molecule has 0 bridgehead atoms. The van der Waals surface area contributed by atoms with Gasteiger partial charge in [-0.3, -0.25) is 0 Å². The largest absolute Gasteiger partial charge is 0.492 e. The van der Waals surface area contributed by atoms with Gasteiger partial charge in [0.25, 0.3) is 0 Å². The Bertz CT molecular complexity index is 443. The fraction of sp³-hybridized carbons (Fsp3) is 0.647. The molecule has 0 saturated heterocycles. The average Bonchev–Trinajstić information content (AvgIpc) is 2.41. The maximum absolute atomic E-state index is 5.82. The van der Waals surface area contributed by atoms with E-state index in [0.29, 0.717) is 6.61 Å². The molecule has 0 atom stereocenters. The van der Waals surface area contributed by atoms with E-state index < -0.39 is 0 Å². The van der Waals surface area contributed by atoms with Crippen LogP contribution in [-0.2, 0) is 6.54 Å². The minimum Gasteiger partial charge on any atom is -0.492 e. The lowest BCUT2D eigenvalue weighted by Crippen LogP contribution is -2.88. The normalized spacial score (nSPS) is 17.3. The van der Waals surface area contributed by atoms with Crippen molar-refractivity contribution in [2.75, 3.05) is 6.61 Å². The molecule has 1 fully saturated rings. The molecule has 1 aliphatic carbocycles. The van der Waals surface area contributed by atoms with Crippen molar-refractivity contribution in [1.82, 2.24) is 0 Å². The first-order valence-electron chi connectivity index (χ1n) is 8.14. The lowest BCUT2D eigenvalue weighted by atomic mass is 9.96. The zero-order valence-electron chi connectivity index (χ0n) is 12.8. The van der Waals surface area contributed by atoms with Gasteiger partial charge in [-0.15, -0.1) is 0 Å². The van der Waals surface area contributed by atoms with Gasteiger partial charge in [-0.05, 0) is 60.7 Å². The predicted octanol–water partition coefficient (Wildman–Crippen LogP) is 4.79. The Morgan fingerprint density at radius 3 is 2.43 bits per heavy atom. The first kappa shape index (κ1) is 17.3.